The zero-order valence-electron chi connectivity index (χ0n) is 16.7. The Balaban J connectivity index is 1.78. The lowest BCUT2D eigenvalue weighted by Gasteiger charge is -2.17. The molecule has 9 nitrogen and oxygen atoms in total. The van der Waals surface area contributed by atoms with Gasteiger partial charge in [0.15, 0.2) is 5.65 Å². The SMILES string of the molecule is Cn1c(=O)n(CCC(C)(C)O)c2cc(Nc3cc(Cl)nc4c(C#N)cnn34)ccc21. The van der Waals surface area contributed by atoms with Gasteiger partial charge in [-0.15, -0.1) is 0 Å². The van der Waals surface area contributed by atoms with Gasteiger partial charge in [-0.05, 0) is 38.5 Å². The van der Waals surface area contributed by atoms with Gasteiger partial charge < -0.3 is 10.4 Å². The van der Waals surface area contributed by atoms with Crippen LogP contribution in [0, 0.1) is 11.3 Å². The largest absolute Gasteiger partial charge is 0.390 e. The minimum absolute atomic E-state index is 0.147. The van der Waals surface area contributed by atoms with Crippen LogP contribution in [0.15, 0.2) is 35.3 Å². The van der Waals surface area contributed by atoms with Gasteiger partial charge in [-0.2, -0.15) is 14.9 Å². The maximum Gasteiger partial charge on any atom is 0.328 e. The van der Waals surface area contributed by atoms with Gasteiger partial charge in [-0.3, -0.25) is 9.13 Å². The van der Waals surface area contributed by atoms with Crippen LogP contribution in [0.2, 0.25) is 5.15 Å². The fraction of sp³-hybridized carbons (Fsp3) is 0.300. The lowest BCUT2D eigenvalue weighted by atomic mass is 10.1. The van der Waals surface area contributed by atoms with Gasteiger partial charge >= 0.3 is 5.69 Å². The molecule has 4 rings (SSSR count). The normalized spacial score (nSPS) is 11.9. The Kier molecular flexibility index (Phi) is 4.76. The van der Waals surface area contributed by atoms with E-state index in [2.05, 4.69) is 15.4 Å². The van der Waals surface area contributed by atoms with Gasteiger partial charge in [-0.25, -0.2) is 9.78 Å². The molecule has 3 heterocycles. The molecule has 0 bridgehead atoms. The molecule has 1 aromatic carbocycles. The molecular formula is C20H20ClN7O2. The summed E-state index contributed by atoms with van der Waals surface area (Å²) in [5.41, 5.74) is 1.88. The first kappa shape index (κ1) is 19.9. The second-order valence-electron chi connectivity index (χ2n) is 7.75. The van der Waals surface area contributed by atoms with Crippen molar-refractivity contribution in [3.05, 3.63) is 51.7 Å². The van der Waals surface area contributed by atoms with E-state index < -0.39 is 5.60 Å². The Morgan fingerprint density at radius 1 is 1.30 bits per heavy atom. The number of rotatable bonds is 5. The summed E-state index contributed by atoms with van der Waals surface area (Å²) in [4.78, 5) is 16.8. The molecule has 0 saturated carbocycles. The van der Waals surface area contributed by atoms with Crippen molar-refractivity contribution in [2.75, 3.05) is 5.32 Å². The molecule has 154 valence electrons. The average Bonchev–Trinajstić information content (AvgIpc) is 3.19. The Bertz CT molecular complexity index is 1370. The molecule has 0 atom stereocenters. The summed E-state index contributed by atoms with van der Waals surface area (Å²) in [6, 6.07) is 9.20. The first-order valence-electron chi connectivity index (χ1n) is 9.31. The molecule has 2 N–H and O–H groups in total. The fourth-order valence-electron chi connectivity index (χ4n) is 3.34. The number of nitrogens with one attached hydrogen (secondary N) is 1. The molecule has 0 radical (unpaired) electrons. The minimum Gasteiger partial charge on any atom is -0.390 e. The van der Waals surface area contributed by atoms with Crippen LogP contribution in [-0.2, 0) is 13.6 Å². The Morgan fingerprint density at radius 3 is 2.77 bits per heavy atom. The zero-order chi connectivity index (χ0) is 21.6. The zero-order valence-corrected chi connectivity index (χ0v) is 17.5. The van der Waals surface area contributed by atoms with E-state index in [1.807, 2.05) is 24.3 Å². The lowest BCUT2D eigenvalue weighted by Crippen LogP contribution is -2.27. The second kappa shape index (κ2) is 7.16. The molecule has 0 aliphatic heterocycles. The van der Waals surface area contributed by atoms with Gasteiger partial charge in [0.05, 0.1) is 22.8 Å². The van der Waals surface area contributed by atoms with Crippen molar-refractivity contribution in [2.45, 2.75) is 32.4 Å². The molecule has 0 unspecified atom stereocenters. The minimum atomic E-state index is -0.880. The third-order valence-electron chi connectivity index (χ3n) is 4.93. The molecular weight excluding hydrogens is 406 g/mol. The predicted octanol–water partition coefficient (Wildman–Crippen LogP) is 2.81. The van der Waals surface area contributed by atoms with Crippen molar-refractivity contribution >= 4 is 39.8 Å². The molecule has 0 aliphatic rings. The van der Waals surface area contributed by atoms with Gasteiger partial charge in [0.1, 0.15) is 22.6 Å². The van der Waals surface area contributed by atoms with Gasteiger partial charge in [0, 0.05) is 25.3 Å². The lowest BCUT2D eigenvalue weighted by molar-refractivity contribution is 0.0662. The van der Waals surface area contributed by atoms with E-state index in [1.165, 1.54) is 10.7 Å². The number of halogens is 1. The van der Waals surface area contributed by atoms with Crippen molar-refractivity contribution in [2.24, 2.45) is 7.05 Å². The number of benzene rings is 1. The predicted molar refractivity (Wildman–Crippen MR) is 114 cm³/mol. The van der Waals surface area contributed by atoms with Crippen LogP contribution in [0.5, 0.6) is 0 Å². The molecule has 3 aromatic heterocycles. The van der Waals surface area contributed by atoms with Crippen LogP contribution in [0.3, 0.4) is 0 Å². The van der Waals surface area contributed by atoms with Gasteiger partial charge in [-0.1, -0.05) is 11.6 Å². The standard InChI is InChI=1S/C20H20ClN7O2/c1-20(2,30)6-7-27-15-8-13(4-5-14(15)26(3)19(27)29)24-17-9-16(21)25-18-12(10-22)11-23-28(17)18/h4-5,8-9,11,24,30H,6-7H2,1-3H3. The third kappa shape index (κ3) is 3.51. The molecule has 30 heavy (non-hydrogen) atoms. The highest BCUT2D eigenvalue weighted by atomic mass is 35.5. The average molecular weight is 426 g/mol. The van der Waals surface area contributed by atoms with Crippen molar-refractivity contribution in [1.29, 1.82) is 5.26 Å². The highest BCUT2D eigenvalue weighted by molar-refractivity contribution is 6.29. The number of hydrogen-bond acceptors (Lipinski definition) is 6. The maximum atomic E-state index is 12.7. The number of hydrogen-bond donors (Lipinski definition) is 2. The third-order valence-corrected chi connectivity index (χ3v) is 5.12. The first-order valence-corrected chi connectivity index (χ1v) is 9.69. The van der Waals surface area contributed by atoms with Crippen LogP contribution < -0.4 is 11.0 Å². The molecule has 0 fully saturated rings. The number of imidazole rings is 1. The molecule has 4 aromatic rings. The maximum absolute atomic E-state index is 12.7. The van der Waals surface area contributed by atoms with E-state index in [9.17, 15) is 15.2 Å². The van der Waals surface area contributed by atoms with Gasteiger partial charge in [0.25, 0.3) is 0 Å². The Morgan fingerprint density at radius 2 is 2.07 bits per heavy atom. The van der Waals surface area contributed by atoms with E-state index in [0.29, 0.717) is 35.7 Å². The molecule has 10 heteroatoms. The number of nitrogens with zero attached hydrogens (tertiary/aromatic N) is 6. The summed E-state index contributed by atoms with van der Waals surface area (Å²) >= 11 is 6.13. The number of aryl methyl sites for hydroxylation is 2. The summed E-state index contributed by atoms with van der Waals surface area (Å²) in [5, 5.41) is 27.0. The summed E-state index contributed by atoms with van der Waals surface area (Å²) in [6.45, 7) is 3.82. The number of anilines is 2. The highest BCUT2D eigenvalue weighted by Crippen LogP contribution is 2.25. The summed E-state index contributed by atoms with van der Waals surface area (Å²) < 4.78 is 4.73. The molecule has 0 aliphatic carbocycles. The van der Waals surface area contributed by atoms with Crippen LogP contribution in [-0.4, -0.2) is 34.4 Å². The van der Waals surface area contributed by atoms with E-state index in [1.54, 1.807) is 36.1 Å². The molecule has 0 spiro atoms. The van der Waals surface area contributed by atoms with E-state index >= 15 is 0 Å². The first-order chi connectivity index (χ1) is 14.2. The fourth-order valence-corrected chi connectivity index (χ4v) is 3.52. The molecule has 0 saturated heterocycles. The van der Waals surface area contributed by atoms with Gasteiger partial charge in [0.2, 0.25) is 0 Å². The van der Waals surface area contributed by atoms with Crippen molar-refractivity contribution in [1.82, 2.24) is 23.7 Å². The Labute approximate surface area is 176 Å². The van der Waals surface area contributed by atoms with Crippen LogP contribution in [0.25, 0.3) is 16.7 Å². The van der Waals surface area contributed by atoms with E-state index in [4.69, 9.17) is 11.6 Å². The number of fused-ring (bicyclic) bond motifs is 2. The van der Waals surface area contributed by atoms with E-state index in [0.717, 1.165) is 11.0 Å². The number of nitriles is 1. The summed E-state index contributed by atoms with van der Waals surface area (Å²) in [6.07, 6.45) is 1.87. The Hall–Kier alpha value is -3.35. The van der Waals surface area contributed by atoms with Crippen LogP contribution >= 0.6 is 11.6 Å². The van der Waals surface area contributed by atoms with E-state index in [-0.39, 0.29) is 10.8 Å². The summed E-state index contributed by atoms with van der Waals surface area (Å²) in [7, 11) is 1.72. The van der Waals surface area contributed by atoms with Crippen molar-refractivity contribution in [3.8, 4) is 6.07 Å². The quantitative estimate of drug-likeness (QED) is 0.475. The van der Waals surface area contributed by atoms with Crippen LogP contribution in [0.1, 0.15) is 25.8 Å². The number of aromatic nitrogens is 5. The number of aliphatic hydroxyl groups is 1. The molecule has 0 amide bonds. The monoisotopic (exact) mass is 425 g/mol. The smallest absolute Gasteiger partial charge is 0.328 e. The second-order valence-corrected chi connectivity index (χ2v) is 8.14. The highest BCUT2D eigenvalue weighted by Gasteiger charge is 2.17. The topological polar surface area (TPSA) is 113 Å². The van der Waals surface area contributed by atoms with Crippen LogP contribution in [0.4, 0.5) is 11.5 Å². The van der Waals surface area contributed by atoms with Crippen molar-refractivity contribution < 1.29 is 5.11 Å². The summed E-state index contributed by atoms with van der Waals surface area (Å²) in [5.74, 6) is 0.534. The van der Waals surface area contributed by atoms with Crippen molar-refractivity contribution in [3.63, 3.8) is 0 Å².